The van der Waals surface area contributed by atoms with Crippen molar-refractivity contribution in [3.05, 3.63) is 11.9 Å². The quantitative estimate of drug-likeness (QED) is 0.872. The van der Waals surface area contributed by atoms with Crippen LogP contribution >= 0.6 is 0 Å². The fourth-order valence-corrected chi connectivity index (χ4v) is 2.89. The summed E-state index contributed by atoms with van der Waals surface area (Å²) >= 11 is 0. The summed E-state index contributed by atoms with van der Waals surface area (Å²) in [6.45, 7) is 5.84. The molecule has 134 valence electrons. The van der Waals surface area contributed by atoms with Gasteiger partial charge in [0.05, 0.1) is 11.7 Å². The molecule has 0 radical (unpaired) electrons. The fraction of sp³-hybridized carbons (Fsp3) is 0.750. The van der Waals surface area contributed by atoms with E-state index in [0.29, 0.717) is 6.54 Å². The van der Waals surface area contributed by atoms with Crippen LogP contribution in [0.3, 0.4) is 0 Å². The molecule has 2 N–H and O–H groups in total. The van der Waals surface area contributed by atoms with Gasteiger partial charge >= 0.3 is 6.09 Å². The molecule has 0 unspecified atom stereocenters. The number of ether oxygens (including phenoxy) is 1. The van der Waals surface area contributed by atoms with Gasteiger partial charge in [0.1, 0.15) is 5.60 Å². The van der Waals surface area contributed by atoms with Crippen LogP contribution in [0.1, 0.15) is 63.4 Å². The Morgan fingerprint density at radius 2 is 1.96 bits per heavy atom. The summed E-state index contributed by atoms with van der Waals surface area (Å²) < 4.78 is 6.85. The molecule has 1 aliphatic carbocycles. The maximum atomic E-state index is 12.2. The van der Waals surface area contributed by atoms with E-state index in [1.807, 2.05) is 20.8 Å². The summed E-state index contributed by atoms with van der Waals surface area (Å²) in [4.78, 5) is 24.4. The third kappa shape index (κ3) is 5.21. The first-order valence-electron chi connectivity index (χ1n) is 8.35. The first-order chi connectivity index (χ1) is 11.2. The van der Waals surface area contributed by atoms with Gasteiger partial charge in [-0.3, -0.25) is 9.48 Å². The molecule has 0 atom stereocenters. The molecular formula is C16H27N5O3. The summed E-state index contributed by atoms with van der Waals surface area (Å²) in [6.07, 6.45) is 5.89. The van der Waals surface area contributed by atoms with E-state index >= 15 is 0 Å². The van der Waals surface area contributed by atoms with E-state index in [-0.39, 0.29) is 11.6 Å². The lowest BCUT2D eigenvalue weighted by Crippen LogP contribution is -2.57. The van der Waals surface area contributed by atoms with E-state index in [9.17, 15) is 9.59 Å². The van der Waals surface area contributed by atoms with E-state index in [1.165, 1.54) is 4.68 Å². The summed E-state index contributed by atoms with van der Waals surface area (Å²) in [6, 6.07) is 0. The van der Waals surface area contributed by atoms with Gasteiger partial charge in [-0.1, -0.05) is 24.5 Å². The Hall–Kier alpha value is -2.12. The zero-order valence-corrected chi connectivity index (χ0v) is 14.9. The second-order valence-corrected chi connectivity index (χ2v) is 7.43. The standard InChI is InChI=1S/C16H27N5O3/c1-15(2,3)24-14(23)18-16(8-6-5-7-9-16)11-17-13(22)12-10-21(4)20-19-12/h10H,5-9,11H2,1-4H3,(H,17,22)(H,18,23). The molecule has 0 aromatic carbocycles. The van der Waals surface area contributed by atoms with Gasteiger partial charge in [0.25, 0.3) is 5.91 Å². The molecule has 8 nitrogen and oxygen atoms in total. The van der Waals surface area contributed by atoms with Crippen LogP contribution in [0, 0.1) is 0 Å². The second kappa shape index (κ2) is 7.19. The molecular weight excluding hydrogens is 310 g/mol. The Kier molecular flexibility index (Phi) is 5.46. The fourth-order valence-electron chi connectivity index (χ4n) is 2.89. The van der Waals surface area contributed by atoms with Gasteiger partial charge in [0, 0.05) is 13.6 Å². The second-order valence-electron chi connectivity index (χ2n) is 7.43. The van der Waals surface area contributed by atoms with Gasteiger partial charge in [-0.05, 0) is 33.6 Å². The molecule has 0 spiro atoms. The summed E-state index contributed by atoms with van der Waals surface area (Å²) in [5.41, 5.74) is -0.762. The molecule has 24 heavy (non-hydrogen) atoms. The predicted molar refractivity (Wildman–Crippen MR) is 88.5 cm³/mol. The highest BCUT2D eigenvalue weighted by Crippen LogP contribution is 2.28. The van der Waals surface area contributed by atoms with Crippen molar-refractivity contribution < 1.29 is 14.3 Å². The number of alkyl carbamates (subject to hydrolysis) is 1. The van der Waals surface area contributed by atoms with E-state index in [4.69, 9.17) is 4.74 Å². The van der Waals surface area contributed by atoms with Crippen LogP contribution in [-0.4, -0.2) is 44.7 Å². The summed E-state index contributed by atoms with van der Waals surface area (Å²) in [5, 5.41) is 13.4. The first kappa shape index (κ1) is 18.2. The number of nitrogens with zero attached hydrogens (tertiary/aromatic N) is 3. The number of hydrogen-bond donors (Lipinski definition) is 2. The van der Waals surface area contributed by atoms with Crippen LogP contribution in [0.4, 0.5) is 4.79 Å². The van der Waals surface area contributed by atoms with E-state index < -0.39 is 17.2 Å². The number of carbonyl (C=O) groups is 2. The molecule has 1 fully saturated rings. The first-order valence-corrected chi connectivity index (χ1v) is 8.35. The van der Waals surface area contributed by atoms with Crippen molar-refractivity contribution >= 4 is 12.0 Å². The van der Waals surface area contributed by atoms with Crippen molar-refractivity contribution in [3.63, 3.8) is 0 Å². The van der Waals surface area contributed by atoms with Gasteiger partial charge in [0.2, 0.25) is 0 Å². The highest BCUT2D eigenvalue weighted by atomic mass is 16.6. The van der Waals surface area contributed by atoms with Crippen LogP contribution in [0.15, 0.2) is 6.20 Å². The zero-order chi connectivity index (χ0) is 17.8. The van der Waals surface area contributed by atoms with E-state index in [0.717, 1.165) is 32.1 Å². The van der Waals surface area contributed by atoms with Gasteiger partial charge < -0.3 is 15.4 Å². The molecule has 1 heterocycles. The number of amides is 2. The van der Waals surface area contributed by atoms with Gasteiger partial charge in [0.15, 0.2) is 5.69 Å². The maximum Gasteiger partial charge on any atom is 0.408 e. The molecule has 1 saturated carbocycles. The smallest absolute Gasteiger partial charge is 0.408 e. The van der Waals surface area contributed by atoms with Crippen molar-refractivity contribution in [1.82, 2.24) is 25.6 Å². The molecule has 0 aliphatic heterocycles. The maximum absolute atomic E-state index is 12.2. The SMILES string of the molecule is Cn1cc(C(=O)NCC2(NC(=O)OC(C)(C)C)CCCCC2)nn1. The van der Waals surface area contributed by atoms with Gasteiger partial charge in [-0.25, -0.2) is 4.79 Å². The molecule has 1 aromatic rings. The summed E-state index contributed by atoms with van der Waals surface area (Å²) in [7, 11) is 1.70. The Morgan fingerprint density at radius 3 is 2.50 bits per heavy atom. The lowest BCUT2D eigenvalue weighted by molar-refractivity contribution is 0.0419. The lowest BCUT2D eigenvalue weighted by Gasteiger charge is -2.38. The van der Waals surface area contributed by atoms with Crippen LogP contribution in [0.5, 0.6) is 0 Å². The summed E-state index contributed by atoms with van der Waals surface area (Å²) in [5.74, 6) is -0.293. The number of aryl methyl sites for hydroxylation is 1. The normalized spacial score (nSPS) is 17.2. The minimum Gasteiger partial charge on any atom is -0.444 e. The zero-order valence-electron chi connectivity index (χ0n) is 14.9. The van der Waals surface area contributed by atoms with Crippen molar-refractivity contribution in [1.29, 1.82) is 0 Å². The predicted octanol–water partition coefficient (Wildman–Crippen LogP) is 1.77. The highest BCUT2D eigenvalue weighted by molar-refractivity contribution is 5.91. The Bertz CT molecular complexity index is 585. The average molecular weight is 337 g/mol. The molecule has 0 saturated heterocycles. The Labute approximate surface area is 142 Å². The number of aromatic nitrogens is 3. The number of hydrogen-bond acceptors (Lipinski definition) is 5. The monoisotopic (exact) mass is 337 g/mol. The molecule has 1 aliphatic rings. The Morgan fingerprint density at radius 1 is 1.29 bits per heavy atom. The molecule has 2 amide bonds. The van der Waals surface area contributed by atoms with Crippen LogP contribution < -0.4 is 10.6 Å². The van der Waals surface area contributed by atoms with Crippen molar-refractivity contribution in [2.24, 2.45) is 7.05 Å². The van der Waals surface area contributed by atoms with Crippen molar-refractivity contribution in [2.45, 2.75) is 64.0 Å². The Balaban J connectivity index is 1.99. The third-order valence-electron chi connectivity index (χ3n) is 4.00. The van der Waals surface area contributed by atoms with Crippen molar-refractivity contribution in [2.75, 3.05) is 6.54 Å². The molecule has 8 heteroatoms. The third-order valence-corrected chi connectivity index (χ3v) is 4.00. The number of carbonyl (C=O) groups excluding carboxylic acids is 2. The van der Waals surface area contributed by atoms with Crippen LogP contribution in [-0.2, 0) is 11.8 Å². The molecule has 0 bridgehead atoms. The lowest BCUT2D eigenvalue weighted by atomic mass is 9.81. The van der Waals surface area contributed by atoms with Crippen LogP contribution in [0.2, 0.25) is 0 Å². The van der Waals surface area contributed by atoms with Crippen molar-refractivity contribution in [3.8, 4) is 0 Å². The molecule has 1 aromatic heterocycles. The molecule has 2 rings (SSSR count). The van der Waals surface area contributed by atoms with Crippen LogP contribution in [0.25, 0.3) is 0 Å². The number of rotatable bonds is 4. The van der Waals surface area contributed by atoms with E-state index in [1.54, 1.807) is 13.2 Å². The average Bonchev–Trinajstić information content (AvgIpc) is 2.90. The highest BCUT2D eigenvalue weighted by Gasteiger charge is 2.35. The minimum atomic E-state index is -0.553. The topological polar surface area (TPSA) is 98.1 Å². The van der Waals surface area contributed by atoms with Gasteiger partial charge in [-0.15, -0.1) is 5.10 Å². The van der Waals surface area contributed by atoms with E-state index in [2.05, 4.69) is 20.9 Å². The number of nitrogens with one attached hydrogen (secondary N) is 2. The minimum absolute atomic E-state index is 0.265. The van der Waals surface area contributed by atoms with Gasteiger partial charge in [-0.2, -0.15) is 0 Å². The largest absolute Gasteiger partial charge is 0.444 e.